The van der Waals surface area contributed by atoms with Crippen LogP contribution < -0.4 is 0 Å². The van der Waals surface area contributed by atoms with Gasteiger partial charge in [-0.3, -0.25) is 4.57 Å². The van der Waals surface area contributed by atoms with E-state index in [0.717, 1.165) is 62.8 Å². The Morgan fingerprint density at radius 1 is 0.458 bits per heavy atom. The molecule has 3 aromatic heterocycles. The van der Waals surface area contributed by atoms with Gasteiger partial charge in [-0.25, -0.2) is 4.98 Å². The van der Waals surface area contributed by atoms with Crippen LogP contribution in [-0.2, 0) is 6.42 Å². The maximum Gasteiger partial charge on any atom is 0.238 e. The summed E-state index contributed by atoms with van der Waals surface area (Å²) >= 11 is 0. The number of nitrogens with zero attached hydrogens (tertiary/aromatic N) is 5. The summed E-state index contributed by atoms with van der Waals surface area (Å²) in [6.45, 7) is 0. The summed E-state index contributed by atoms with van der Waals surface area (Å²) in [6, 6.07) is 77.4. The normalized spacial score (nSPS) is 14.2. The predicted molar refractivity (Wildman–Crippen MR) is 298 cm³/mol. The first-order valence-corrected chi connectivity index (χ1v) is 25.1. The van der Waals surface area contributed by atoms with Gasteiger partial charge in [0.05, 0.1) is 22.1 Å². The molecule has 72 heavy (non-hydrogen) atoms. The van der Waals surface area contributed by atoms with Gasteiger partial charge in [-0.1, -0.05) is 200 Å². The summed E-state index contributed by atoms with van der Waals surface area (Å²) in [5, 5.41) is 9.69. The SMILES string of the molecule is C1=CCCC(c2ccc(-c3nc(CC4c5ccccc5-c5ccc6c(c(-c7ccccc7)cc7ccccc76)c54)nc(-n4c5ccccc5c5ccc6c7ccccc7n(-c7ccccc7)c6c54)n3)cc2)=C1. The number of rotatable bonds is 7. The Kier molecular flexibility index (Phi) is 9.15. The van der Waals surface area contributed by atoms with Crippen LogP contribution >= 0.6 is 0 Å². The fourth-order valence-electron chi connectivity index (χ4n) is 12.2. The maximum atomic E-state index is 5.69. The third-order valence-electron chi connectivity index (χ3n) is 15.4. The lowest BCUT2D eigenvalue weighted by Crippen LogP contribution is -2.12. The van der Waals surface area contributed by atoms with Crippen molar-refractivity contribution in [1.82, 2.24) is 24.1 Å². The third kappa shape index (κ3) is 6.23. The fourth-order valence-corrected chi connectivity index (χ4v) is 12.2. The second-order valence-corrected chi connectivity index (χ2v) is 19.3. The molecule has 2 aliphatic rings. The predicted octanol–water partition coefficient (Wildman–Crippen LogP) is 16.8. The lowest BCUT2D eigenvalue weighted by Gasteiger charge is -2.20. The van der Waals surface area contributed by atoms with Crippen molar-refractivity contribution in [2.45, 2.75) is 25.2 Å². The molecule has 0 saturated carbocycles. The zero-order valence-electron chi connectivity index (χ0n) is 39.4. The lowest BCUT2D eigenvalue weighted by atomic mass is 9.84. The molecule has 0 N–H and O–H groups in total. The van der Waals surface area contributed by atoms with Crippen molar-refractivity contribution < 1.29 is 0 Å². The van der Waals surface area contributed by atoms with Crippen LogP contribution in [0.4, 0.5) is 0 Å². The smallest absolute Gasteiger partial charge is 0.238 e. The fraction of sp³-hybridized carbons (Fsp3) is 0.0597. The van der Waals surface area contributed by atoms with Gasteiger partial charge in [0.25, 0.3) is 0 Å². The van der Waals surface area contributed by atoms with Crippen molar-refractivity contribution >= 4 is 70.7 Å². The Hall–Kier alpha value is -9.19. The van der Waals surface area contributed by atoms with Crippen molar-refractivity contribution in [2.24, 2.45) is 0 Å². The monoisotopic (exact) mass is 919 g/mol. The molecule has 338 valence electrons. The van der Waals surface area contributed by atoms with Gasteiger partial charge in [-0.05, 0) is 109 Å². The summed E-state index contributed by atoms with van der Waals surface area (Å²) in [5.74, 6) is 1.96. The Morgan fingerprint density at radius 2 is 1.10 bits per heavy atom. The van der Waals surface area contributed by atoms with Crippen LogP contribution in [-0.4, -0.2) is 24.1 Å². The molecule has 1 atom stereocenters. The van der Waals surface area contributed by atoms with E-state index in [-0.39, 0.29) is 5.92 Å². The Balaban J connectivity index is 1.01. The summed E-state index contributed by atoms with van der Waals surface area (Å²) in [7, 11) is 0. The third-order valence-corrected chi connectivity index (χ3v) is 15.4. The molecule has 3 heterocycles. The minimum Gasteiger partial charge on any atom is -0.307 e. The van der Waals surface area contributed by atoms with Crippen LogP contribution in [0.5, 0.6) is 0 Å². The first-order chi connectivity index (χ1) is 35.7. The second-order valence-electron chi connectivity index (χ2n) is 19.3. The van der Waals surface area contributed by atoms with Crippen LogP contribution in [0.1, 0.15) is 41.3 Å². The summed E-state index contributed by atoms with van der Waals surface area (Å²) in [4.78, 5) is 16.8. The Labute approximate surface area is 416 Å². The number of benzene rings is 10. The second kappa shape index (κ2) is 16.2. The summed E-state index contributed by atoms with van der Waals surface area (Å²) < 4.78 is 4.74. The van der Waals surface area contributed by atoms with E-state index in [4.69, 9.17) is 15.0 Å². The largest absolute Gasteiger partial charge is 0.307 e. The van der Waals surface area contributed by atoms with Gasteiger partial charge < -0.3 is 4.57 Å². The van der Waals surface area contributed by atoms with Gasteiger partial charge in [0, 0.05) is 45.1 Å². The van der Waals surface area contributed by atoms with Crippen LogP contribution in [0.2, 0.25) is 0 Å². The van der Waals surface area contributed by atoms with Gasteiger partial charge >= 0.3 is 0 Å². The van der Waals surface area contributed by atoms with Gasteiger partial charge in [0.15, 0.2) is 5.82 Å². The molecular weight excluding hydrogens is 875 g/mol. The van der Waals surface area contributed by atoms with Crippen LogP contribution in [0.3, 0.4) is 0 Å². The number of aromatic nitrogens is 5. The Morgan fingerprint density at radius 3 is 1.86 bits per heavy atom. The molecule has 0 fully saturated rings. The van der Waals surface area contributed by atoms with Crippen molar-refractivity contribution in [1.29, 1.82) is 0 Å². The molecule has 15 rings (SSSR count). The minimum atomic E-state index is -0.0363. The maximum absolute atomic E-state index is 5.69. The number of hydrogen-bond donors (Lipinski definition) is 0. The number of allylic oxidation sites excluding steroid dienone is 4. The summed E-state index contributed by atoms with van der Waals surface area (Å²) in [6.07, 6.45) is 9.30. The summed E-state index contributed by atoms with van der Waals surface area (Å²) in [5.41, 5.74) is 16.6. The van der Waals surface area contributed by atoms with Crippen molar-refractivity contribution in [3.63, 3.8) is 0 Å². The zero-order chi connectivity index (χ0) is 47.3. The van der Waals surface area contributed by atoms with E-state index in [1.165, 1.54) is 76.8 Å². The van der Waals surface area contributed by atoms with E-state index in [0.29, 0.717) is 18.2 Å². The van der Waals surface area contributed by atoms with E-state index < -0.39 is 0 Å². The van der Waals surface area contributed by atoms with Crippen LogP contribution in [0.25, 0.3) is 116 Å². The molecule has 5 nitrogen and oxygen atoms in total. The van der Waals surface area contributed by atoms with Crippen LogP contribution in [0.15, 0.2) is 231 Å². The molecule has 10 aromatic carbocycles. The highest BCUT2D eigenvalue weighted by atomic mass is 15.2. The number of hydrogen-bond acceptors (Lipinski definition) is 3. The molecule has 2 aliphatic carbocycles. The molecule has 0 saturated heterocycles. The highest BCUT2D eigenvalue weighted by molar-refractivity contribution is 6.24. The Bertz CT molecular complexity index is 4400. The molecule has 13 aromatic rings. The topological polar surface area (TPSA) is 48.5 Å². The van der Waals surface area contributed by atoms with E-state index in [9.17, 15) is 0 Å². The molecule has 0 amide bonds. The van der Waals surface area contributed by atoms with Gasteiger partial charge in [-0.2, -0.15) is 9.97 Å². The average molecular weight is 920 g/mol. The molecule has 1 unspecified atom stereocenters. The quantitative estimate of drug-likeness (QED) is 0.150. The van der Waals surface area contributed by atoms with E-state index in [1.807, 2.05) is 0 Å². The van der Waals surface area contributed by atoms with E-state index >= 15 is 0 Å². The number of fused-ring (bicyclic) bond motifs is 14. The standard InChI is InChI=1S/C67H45N5/c1-4-18-42(19-5-1)43-32-34-45(35-33-43)66-68-61(41-58-50-27-13-12-26-49(50)54-37-36-53-48-25-11-10-22-46(48)40-57(62(53)63(54)58)44-20-6-2-7-21-44)69-67(70-66)72-60-31-17-15-29-52(60)56-39-38-55-51-28-14-16-30-59(51)71(64(55)65(56)72)47-23-8-3-9-24-47/h1-4,6-18,20-40,58H,5,19,41H2. The number of para-hydroxylation sites is 3. The van der Waals surface area contributed by atoms with Crippen molar-refractivity contribution in [2.75, 3.05) is 0 Å². The first kappa shape index (κ1) is 40.7. The highest BCUT2D eigenvalue weighted by Crippen LogP contribution is 2.52. The highest BCUT2D eigenvalue weighted by Gasteiger charge is 2.33. The van der Waals surface area contributed by atoms with Crippen LogP contribution in [0, 0.1) is 0 Å². The minimum absolute atomic E-state index is 0.0363. The first-order valence-electron chi connectivity index (χ1n) is 25.1. The molecule has 0 bridgehead atoms. The molecule has 0 spiro atoms. The molecular formula is C67H45N5. The van der Waals surface area contributed by atoms with E-state index in [1.54, 1.807) is 0 Å². The molecule has 5 heteroatoms. The molecule has 0 radical (unpaired) electrons. The zero-order valence-corrected chi connectivity index (χ0v) is 39.4. The lowest BCUT2D eigenvalue weighted by molar-refractivity contribution is 0.756. The molecule has 0 aliphatic heterocycles. The van der Waals surface area contributed by atoms with Gasteiger partial charge in [-0.15, -0.1) is 0 Å². The van der Waals surface area contributed by atoms with Crippen molar-refractivity contribution in [3.05, 3.63) is 253 Å². The van der Waals surface area contributed by atoms with Crippen molar-refractivity contribution in [3.8, 4) is 45.3 Å². The van der Waals surface area contributed by atoms with Gasteiger partial charge in [0.1, 0.15) is 5.82 Å². The van der Waals surface area contributed by atoms with E-state index in [2.05, 4.69) is 240 Å². The average Bonchev–Trinajstić information content (AvgIpc) is 4.09. The van der Waals surface area contributed by atoms with Gasteiger partial charge in [0.2, 0.25) is 5.95 Å².